The normalized spacial score (nSPS) is 11.4. The number of ether oxygens (including phenoxy) is 1. The molecule has 0 fully saturated rings. The van der Waals surface area contributed by atoms with E-state index < -0.39 is 9.84 Å². The minimum atomic E-state index is -3.30. The molecule has 7 heteroatoms. The van der Waals surface area contributed by atoms with Crippen LogP contribution in [0, 0.1) is 6.92 Å². The molecule has 0 atom stereocenters. The number of benzene rings is 2. The topological polar surface area (TPSA) is 89.6 Å². The third-order valence-electron chi connectivity index (χ3n) is 3.58. The van der Waals surface area contributed by atoms with E-state index in [2.05, 4.69) is 4.98 Å². The predicted octanol–water partition coefficient (Wildman–Crippen LogP) is 3.34. The largest absolute Gasteiger partial charge is 0.504 e. The molecule has 3 rings (SSSR count). The van der Waals surface area contributed by atoms with E-state index >= 15 is 0 Å². The van der Waals surface area contributed by atoms with Gasteiger partial charge in [0, 0.05) is 11.8 Å². The summed E-state index contributed by atoms with van der Waals surface area (Å²) in [7, 11) is -3.30. The Morgan fingerprint density at radius 3 is 2.64 bits per heavy atom. The summed E-state index contributed by atoms with van der Waals surface area (Å²) in [6, 6.07) is 13.1. The van der Waals surface area contributed by atoms with Crippen LogP contribution in [-0.2, 0) is 16.4 Å². The standard InChI is InChI=1S/C18H17NO5S/c1-12-18(13-6-5-7-14(10-13)25(2,21)22)24-17(19-12)11-23-16-9-4-3-8-15(16)20/h3-10,20H,11H2,1-2H3. The smallest absolute Gasteiger partial charge is 0.233 e. The van der Waals surface area contributed by atoms with Crippen molar-refractivity contribution in [2.24, 2.45) is 0 Å². The van der Waals surface area contributed by atoms with Gasteiger partial charge in [-0.25, -0.2) is 13.4 Å². The van der Waals surface area contributed by atoms with Crippen molar-refractivity contribution < 1.29 is 22.7 Å². The Kier molecular flexibility index (Phi) is 4.50. The van der Waals surface area contributed by atoms with Crippen LogP contribution in [-0.4, -0.2) is 24.8 Å². The fourth-order valence-corrected chi connectivity index (χ4v) is 3.04. The highest BCUT2D eigenvalue weighted by atomic mass is 32.2. The minimum absolute atomic E-state index is 0.0341. The van der Waals surface area contributed by atoms with E-state index in [1.165, 1.54) is 12.1 Å². The molecule has 1 aromatic heterocycles. The lowest BCUT2D eigenvalue weighted by Gasteiger charge is -2.05. The predicted molar refractivity (Wildman–Crippen MR) is 92.2 cm³/mol. The Morgan fingerprint density at radius 2 is 1.92 bits per heavy atom. The lowest BCUT2D eigenvalue weighted by molar-refractivity contribution is 0.253. The number of phenolic OH excluding ortho intramolecular Hbond substituents is 1. The Bertz CT molecular complexity index is 1010. The van der Waals surface area contributed by atoms with Gasteiger partial charge < -0.3 is 14.3 Å². The summed E-state index contributed by atoms with van der Waals surface area (Å²) >= 11 is 0. The number of hydrogen-bond acceptors (Lipinski definition) is 6. The van der Waals surface area contributed by atoms with Crippen LogP contribution in [0.15, 0.2) is 57.8 Å². The number of phenols is 1. The Balaban J connectivity index is 1.85. The SMILES string of the molecule is Cc1nc(COc2ccccc2O)oc1-c1cccc(S(C)(=O)=O)c1. The average Bonchev–Trinajstić information content (AvgIpc) is 2.94. The Labute approximate surface area is 145 Å². The molecule has 1 N–H and O–H groups in total. The zero-order valence-electron chi connectivity index (χ0n) is 13.8. The summed E-state index contributed by atoms with van der Waals surface area (Å²) in [6.45, 7) is 1.82. The second-order valence-corrected chi connectivity index (χ2v) is 7.59. The molecular formula is C18H17NO5S. The maximum absolute atomic E-state index is 11.7. The molecule has 0 bridgehead atoms. The van der Waals surface area contributed by atoms with Crippen LogP contribution in [0.3, 0.4) is 0 Å². The molecule has 6 nitrogen and oxygen atoms in total. The van der Waals surface area contributed by atoms with Crippen molar-refractivity contribution in [2.45, 2.75) is 18.4 Å². The van der Waals surface area contributed by atoms with Gasteiger partial charge in [-0.2, -0.15) is 0 Å². The van der Waals surface area contributed by atoms with E-state index in [-0.39, 0.29) is 17.3 Å². The van der Waals surface area contributed by atoms with Gasteiger partial charge in [0.05, 0.1) is 10.6 Å². The van der Waals surface area contributed by atoms with Gasteiger partial charge in [0.1, 0.15) is 0 Å². The minimum Gasteiger partial charge on any atom is -0.504 e. The first-order chi connectivity index (χ1) is 11.8. The molecule has 0 aliphatic heterocycles. The van der Waals surface area contributed by atoms with Crippen molar-refractivity contribution in [1.29, 1.82) is 0 Å². The molecule has 0 unspecified atom stereocenters. The quantitative estimate of drug-likeness (QED) is 0.751. The molecule has 1 heterocycles. The molecule has 0 amide bonds. The number of para-hydroxylation sites is 2. The van der Waals surface area contributed by atoms with Crippen molar-refractivity contribution in [3.8, 4) is 22.8 Å². The van der Waals surface area contributed by atoms with E-state index in [9.17, 15) is 13.5 Å². The maximum Gasteiger partial charge on any atom is 0.233 e. The number of rotatable bonds is 5. The van der Waals surface area contributed by atoms with E-state index in [0.717, 1.165) is 6.26 Å². The highest BCUT2D eigenvalue weighted by molar-refractivity contribution is 7.90. The Morgan fingerprint density at radius 1 is 1.16 bits per heavy atom. The lowest BCUT2D eigenvalue weighted by atomic mass is 10.1. The van der Waals surface area contributed by atoms with E-state index in [0.29, 0.717) is 28.7 Å². The molecule has 0 spiro atoms. The molecule has 130 valence electrons. The van der Waals surface area contributed by atoms with E-state index in [1.54, 1.807) is 43.3 Å². The van der Waals surface area contributed by atoms with Crippen LogP contribution < -0.4 is 4.74 Å². The highest BCUT2D eigenvalue weighted by Gasteiger charge is 2.15. The van der Waals surface area contributed by atoms with Gasteiger partial charge in [0.25, 0.3) is 0 Å². The third-order valence-corrected chi connectivity index (χ3v) is 4.69. The number of oxazole rings is 1. The van der Waals surface area contributed by atoms with Crippen molar-refractivity contribution in [3.63, 3.8) is 0 Å². The van der Waals surface area contributed by atoms with Gasteiger partial charge in [-0.1, -0.05) is 24.3 Å². The first-order valence-corrected chi connectivity index (χ1v) is 9.41. The van der Waals surface area contributed by atoms with Crippen molar-refractivity contribution in [2.75, 3.05) is 6.26 Å². The van der Waals surface area contributed by atoms with Gasteiger partial charge in [0.2, 0.25) is 5.89 Å². The number of sulfone groups is 1. The first-order valence-electron chi connectivity index (χ1n) is 7.52. The highest BCUT2D eigenvalue weighted by Crippen LogP contribution is 2.29. The molecular weight excluding hydrogens is 342 g/mol. The lowest BCUT2D eigenvalue weighted by Crippen LogP contribution is -1.96. The first kappa shape index (κ1) is 17.0. The summed E-state index contributed by atoms with van der Waals surface area (Å²) in [4.78, 5) is 4.52. The van der Waals surface area contributed by atoms with Crippen LogP contribution in [0.1, 0.15) is 11.6 Å². The van der Waals surface area contributed by atoms with Crippen molar-refractivity contribution in [3.05, 3.63) is 60.1 Å². The summed E-state index contributed by atoms with van der Waals surface area (Å²) in [5.41, 5.74) is 1.25. The second-order valence-electron chi connectivity index (χ2n) is 5.58. The summed E-state index contributed by atoms with van der Waals surface area (Å²) in [6.07, 6.45) is 1.16. The maximum atomic E-state index is 11.7. The molecule has 3 aromatic rings. The zero-order valence-corrected chi connectivity index (χ0v) is 14.6. The second kappa shape index (κ2) is 6.60. The van der Waals surface area contributed by atoms with Crippen LogP contribution in [0.2, 0.25) is 0 Å². The molecule has 0 saturated heterocycles. The summed E-state index contributed by atoms with van der Waals surface area (Å²) in [5, 5.41) is 9.70. The number of aryl methyl sites for hydroxylation is 1. The van der Waals surface area contributed by atoms with Gasteiger partial charge in [0.15, 0.2) is 33.7 Å². The summed E-state index contributed by atoms with van der Waals surface area (Å²) < 4.78 is 34.6. The van der Waals surface area contributed by atoms with Gasteiger partial charge in [-0.15, -0.1) is 0 Å². The van der Waals surface area contributed by atoms with Crippen molar-refractivity contribution in [1.82, 2.24) is 4.98 Å². The molecule has 0 radical (unpaired) electrons. The zero-order chi connectivity index (χ0) is 18.0. The molecule has 0 saturated carbocycles. The molecule has 2 aromatic carbocycles. The third kappa shape index (κ3) is 3.83. The number of nitrogens with zero attached hydrogens (tertiary/aromatic N) is 1. The fourth-order valence-electron chi connectivity index (χ4n) is 2.37. The van der Waals surface area contributed by atoms with Gasteiger partial charge >= 0.3 is 0 Å². The summed E-state index contributed by atoms with van der Waals surface area (Å²) in [5.74, 6) is 1.19. The monoisotopic (exact) mass is 359 g/mol. The van der Waals surface area contributed by atoms with Crippen molar-refractivity contribution >= 4 is 9.84 Å². The fraction of sp³-hybridized carbons (Fsp3) is 0.167. The van der Waals surface area contributed by atoms with Crippen LogP contribution in [0.4, 0.5) is 0 Å². The van der Waals surface area contributed by atoms with Crippen LogP contribution >= 0.6 is 0 Å². The average molecular weight is 359 g/mol. The van der Waals surface area contributed by atoms with Gasteiger partial charge in [-0.05, 0) is 31.2 Å². The number of hydrogen-bond donors (Lipinski definition) is 1. The van der Waals surface area contributed by atoms with Crippen LogP contribution in [0.25, 0.3) is 11.3 Å². The molecule has 25 heavy (non-hydrogen) atoms. The molecule has 0 aliphatic rings. The van der Waals surface area contributed by atoms with E-state index in [4.69, 9.17) is 9.15 Å². The van der Waals surface area contributed by atoms with Crippen LogP contribution in [0.5, 0.6) is 11.5 Å². The number of aromatic hydroxyl groups is 1. The molecule has 0 aliphatic carbocycles. The number of aromatic nitrogens is 1. The van der Waals surface area contributed by atoms with Gasteiger partial charge in [-0.3, -0.25) is 0 Å². The van der Waals surface area contributed by atoms with E-state index in [1.807, 2.05) is 0 Å². The Hall–Kier alpha value is -2.80.